The molecule has 0 atom stereocenters. The van der Waals surface area contributed by atoms with Crippen molar-refractivity contribution < 1.29 is 4.79 Å². The summed E-state index contributed by atoms with van der Waals surface area (Å²) >= 11 is 0. The number of nitrogen functional groups attached to an aromatic ring is 1. The summed E-state index contributed by atoms with van der Waals surface area (Å²) in [7, 11) is 0. The molecule has 0 bridgehead atoms. The average molecular weight is 313 g/mol. The second-order valence-electron chi connectivity index (χ2n) is 6.08. The monoisotopic (exact) mass is 313 g/mol. The number of nitrogens with two attached hydrogens (primary N) is 1. The highest BCUT2D eigenvalue weighted by molar-refractivity contribution is 5.96. The number of carbonyl (C=O) groups is 1. The summed E-state index contributed by atoms with van der Waals surface area (Å²) in [5, 5.41) is 11.5. The first-order valence-electron chi connectivity index (χ1n) is 8.20. The number of aryl methyl sites for hydroxylation is 2. The van der Waals surface area contributed by atoms with E-state index >= 15 is 0 Å². The van der Waals surface area contributed by atoms with Crippen molar-refractivity contribution in [2.75, 3.05) is 12.3 Å². The molecule has 0 saturated heterocycles. The smallest absolute Gasteiger partial charge is 0.251 e. The van der Waals surface area contributed by atoms with Crippen LogP contribution in [0.1, 0.15) is 46.8 Å². The number of benzene rings is 1. The normalized spacial score (nSPS) is 14.1. The first-order chi connectivity index (χ1) is 11.1. The molecular weight excluding hydrogens is 290 g/mol. The lowest BCUT2D eigenvalue weighted by atomic mass is 10.1. The first-order valence-corrected chi connectivity index (χ1v) is 8.20. The SMILES string of the molecule is Cc1ccc(N)cc1C(=O)NCCc1nnc2n1CCCCC2. The first kappa shape index (κ1) is 15.5. The molecule has 6 heteroatoms. The molecule has 0 unspecified atom stereocenters. The van der Waals surface area contributed by atoms with Crippen molar-refractivity contribution in [1.82, 2.24) is 20.1 Å². The van der Waals surface area contributed by atoms with E-state index in [0.717, 1.165) is 30.2 Å². The van der Waals surface area contributed by atoms with E-state index in [1.807, 2.05) is 13.0 Å². The van der Waals surface area contributed by atoms with E-state index in [1.54, 1.807) is 12.1 Å². The largest absolute Gasteiger partial charge is 0.399 e. The maximum atomic E-state index is 12.3. The summed E-state index contributed by atoms with van der Waals surface area (Å²) < 4.78 is 2.21. The highest BCUT2D eigenvalue weighted by atomic mass is 16.1. The van der Waals surface area contributed by atoms with Crippen molar-refractivity contribution >= 4 is 11.6 Å². The van der Waals surface area contributed by atoms with Gasteiger partial charge in [-0.2, -0.15) is 0 Å². The van der Waals surface area contributed by atoms with Gasteiger partial charge in [-0.25, -0.2) is 0 Å². The molecule has 0 fully saturated rings. The molecule has 0 spiro atoms. The summed E-state index contributed by atoms with van der Waals surface area (Å²) in [6.07, 6.45) is 5.30. The van der Waals surface area contributed by atoms with Gasteiger partial charge >= 0.3 is 0 Å². The topological polar surface area (TPSA) is 85.8 Å². The molecule has 1 amide bonds. The number of hydrogen-bond donors (Lipinski definition) is 2. The van der Waals surface area contributed by atoms with E-state index in [9.17, 15) is 4.79 Å². The lowest BCUT2D eigenvalue weighted by molar-refractivity contribution is 0.0953. The minimum absolute atomic E-state index is 0.0922. The molecule has 122 valence electrons. The van der Waals surface area contributed by atoms with Gasteiger partial charge in [0.05, 0.1) is 0 Å². The molecule has 1 aliphatic heterocycles. The molecule has 1 aliphatic rings. The van der Waals surface area contributed by atoms with Crippen molar-refractivity contribution in [3.63, 3.8) is 0 Å². The Morgan fingerprint density at radius 2 is 2.17 bits per heavy atom. The van der Waals surface area contributed by atoms with Gasteiger partial charge in [-0.15, -0.1) is 10.2 Å². The van der Waals surface area contributed by atoms with Crippen LogP contribution in [0.2, 0.25) is 0 Å². The molecule has 3 rings (SSSR count). The summed E-state index contributed by atoms with van der Waals surface area (Å²) in [4.78, 5) is 12.3. The van der Waals surface area contributed by atoms with Crippen LogP contribution in [0.25, 0.3) is 0 Å². The van der Waals surface area contributed by atoms with E-state index in [4.69, 9.17) is 5.73 Å². The van der Waals surface area contributed by atoms with Crippen molar-refractivity contribution in [2.24, 2.45) is 0 Å². The average Bonchev–Trinajstić information content (AvgIpc) is 2.77. The third-order valence-electron chi connectivity index (χ3n) is 4.33. The van der Waals surface area contributed by atoms with Crippen LogP contribution in [0.5, 0.6) is 0 Å². The third kappa shape index (κ3) is 3.52. The molecule has 3 N–H and O–H groups in total. The van der Waals surface area contributed by atoms with Crippen molar-refractivity contribution in [3.8, 4) is 0 Å². The van der Waals surface area contributed by atoms with E-state index < -0.39 is 0 Å². The number of hydrogen-bond acceptors (Lipinski definition) is 4. The quantitative estimate of drug-likeness (QED) is 0.844. The van der Waals surface area contributed by atoms with Gasteiger partial charge in [0.25, 0.3) is 5.91 Å². The number of amides is 1. The van der Waals surface area contributed by atoms with Gasteiger partial charge in [-0.3, -0.25) is 4.79 Å². The summed E-state index contributed by atoms with van der Waals surface area (Å²) in [5.41, 5.74) is 7.91. The van der Waals surface area contributed by atoms with Crippen molar-refractivity contribution in [3.05, 3.63) is 41.0 Å². The maximum absolute atomic E-state index is 12.3. The number of aromatic nitrogens is 3. The van der Waals surface area contributed by atoms with Gasteiger partial charge in [0, 0.05) is 37.2 Å². The van der Waals surface area contributed by atoms with Crippen LogP contribution >= 0.6 is 0 Å². The van der Waals surface area contributed by atoms with Crippen LogP contribution in [0.3, 0.4) is 0 Å². The van der Waals surface area contributed by atoms with Gasteiger partial charge in [-0.05, 0) is 37.5 Å². The molecular formula is C17H23N5O. The molecule has 0 radical (unpaired) electrons. The van der Waals surface area contributed by atoms with Gasteiger partial charge in [0.15, 0.2) is 0 Å². The molecule has 0 saturated carbocycles. The fourth-order valence-electron chi connectivity index (χ4n) is 3.00. The van der Waals surface area contributed by atoms with Crippen LogP contribution in [0.4, 0.5) is 5.69 Å². The third-order valence-corrected chi connectivity index (χ3v) is 4.33. The Labute approximate surface area is 136 Å². The number of carbonyl (C=O) groups excluding carboxylic acids is 1. The number of anilines is 1. The van der Waals surface area contributed by atoms with Crippen LogP contribution in [0, 0.1) is 6.92 Å². The van der Waals surface area contributed by atoms with Crippen molar-refractivity contribution in [1.29, 1.82) is 0 Å². The summed E-state index contributed by atoms with van der Waals surface area (Å²) in [6, 6.07) is 5.38. The molecule has 2 aromatic rings. The lowest BCUT2D eigenvalue weighted by Crippen LogP contribution is -2.27. The second-order valence-corrected chi connectivity index (χ2v) is 6.08. The molecule has 6 nitrogen and oxygen atoms in total. The predicted molar refractivity (Wildman–Crippen MR) is 89.2 cm³/mol. The number of nitrogens with zero attached hydrogens (tertiary/aromatic N) is 3. The van der Waals surface area contributed by atoms with Crippen LogP contribution in [-0.2, 0) is 19.4 Å². The highest BCUT2D eigenvalue weighted by Crippen LogP contribution is 2.15. The minimum Gasteiger partial charge on any atom is -0.399 e. The second kappa shape index (κ2) is 6.81. The molecule has 0 aliphatic carbocycles. The molecule has 1 aromatic carbocycles. The molecule has 1 aromatic heterocycles. The Kier molecular flexibility index (Phi) is 4.60. The van der Waals surface area contributed by atoms with Crippen molar-refractivity contribution in [2.45, 2.75) is 45.6 Å². The zero-order valence-corrected chi connectivity index (χ0v) is 13.5. The fraction of sp³-hybridized carbons (Fsp3) is 0.471. The van der Waals surface area contributed by atoms with Gasteiger partial charge in [-0.1, -0.05) is 12.5 Å². The fourth-order valence-corrected chi connectivity index (χ4v) is 3.00. The Hall–Kier alpha value is -2.37. The standard InChI is InChI=1S/C17H23N5O/c1-12-6-7-13(18)11-14(12)17(23)19-9-8-16-21-20-15-5-3-2-4-10-22(15)16/h6-7,11H,2-5,8-10,18H2,1H3,(H,19,23). The Morgan fingerprint density at radius 1 is 1.30 bits per heavy atom. The van der Waals surface area contributed by atoms with Gasteiger partial charge in [0.2, 0.25) is 0 Å². The maximum Gasteiger partial charge on any atom is 0.251 e. The van der Waals surface area contributed by atoms with E-state index in [2.05, 4.69) is 20.1 Å². The van der Waals surface area contributed by atoms with Gasteiger partial charge in [0.1, 0.15) is 11.6 Å². The predicted octanol–water partition coefficient (Wildman–Crippen LogP) is 1.87. The molecule has 2 heterocycles. The van der Waals surface area contributed by atoms with E-state index in [1.165, 1.54) is 19.3 Å². The van der Waals surface area contributed by atoms with Crippen LogP contribution in [-0.4, -0.2) is 27.2 Å². The Morgan fingerprint density at radius 3 is 3.04 bits per heavy atom. The van der Waals surface area contributed by atoms with Crippen LogP contribution < -0.4 is 11.1 Å². The van der Waals surface area contributed by atoms with Crippen LogP contribution in [0.15, 0.2) is 18.2 Å². The van der Waals surface area contributed by atoms with Gasteiger partial charge < -0.3 is 15.6 Å². The van der Waals surface area contributed by atoms with E-state index in [-0.39, 0.29) is 5.91 Å². The summed E-state index contributed by atoms with van der Waals surface area (Å²) in [6.45, 7) is 3.44. The molecule has 23 heavy (non-hydrogen) atoms. The lowest BCUT2D eigenvalue weighted by Gasteiger charge is -2.09. The number of fused-ring (bicyclic) bond motifs is 1. The summed E-state index contributed by atoms with van der Waals surface area (Å²) in [5.74, 6) is 1.95. The zero-order chi connectivity index (χ0) is 16.2. The Bertz CT molecular complexity index is 707. The zero-order valence-electron chi connectivity index (χ0n) is 13.5. The minimum atomic E-state index is -0.0922. The number of nitrogens with one attached hydrogen (secondary N) is 1. The van der Waals surface area contributed by atoms with E-state index in [0.29, 0.717) is 24.2 Å². The number of rotatable bonds is 4. The Balaban J connectivity index is 1.60. The highest BCUT2D eigenvalue weighted by Gasteiger charge is 2.15.